The van der Waals surface area contributed by atoms with Crippen molar-refractivity contribution in [1.82, 2.24) is 14.7 Å². The summed E-state index contributed by atoms with van der Waals surface area (Å²) in [5.41, 5.74) is 3.17. The monoisotopic (exact) mass is 434 g/mol. The number of para-hydroxylation sites is 1. The minimum absolute atomic E-state index is 0.160. The van der Waals surface area contributed by atoms with Crippen molar-refractivity contribution in [2.75, 3.05) is 11.9 Å². The topological polar surface area (TPSA) is 67.7 Å². The molecule has 0 radical (unpaired) electrons. The minimum atomic E-state index is -0.679. The zero-order chi connectivity index (χ0) is 22.2. The van der Waals surface area contributed by atoms with E-state index in [-0.39, 0.29) is 24.1 Å². The molecule has 2 aromatic heterocycles. The van der Waals surface area contributed by atoms with Crippen molar-refractivity contribution in [3.8, 4) is 5.75 Å². The summed E-state index contributed by atoms with van der Waals surface area (Å²) in [6, 6.07) is 14.7. The van der Waals surface area contributed by atoms with Gasteiger partial charge in [-0.05, 0) is 42.8 Å². The van der Waals surface area contributed by atoms with Crippen molar-refractivity contribution in [3.05, 3.63) is 94.9 Å². The third kappa shape index (κ3) is 3.43. The average Bonchev–Trinajstić information content (AvgIpc) is 3.34. The molecular formula is C24H20F2N4O2. The van der Waals surface area contributed by atoms with Crippen LogP contribution in [-0.4, -0.2) is 21.8 Å². The summed E-state index contributed by atoms with van der Waals surface area (Å²) in [4.78, 5) is 17.6. The molecule has 1 atom stereocenters. The van der Waals surface area contributed by atoms with Crippen LogP contribution in [0, 0.1) is 18.6 Å². The van der Waals surface area contributed by atoms with Gasteiger partial charge in [-0.25, -0.2) is 13.8 Å². The van der Waals surface area contributed by atoms with E-state index >= 15 is 0 Å². The number of carbonyl (C=O) groups is 1. The number of pyridine rings is 1. The molecule has 1 aliphatic rings. The number of hydrogen-bond acceptors (Lipinski definition) is 4. The summed E-state index contributed by atoms with van der Waals surface area (Å²) in [5.74, 6) is -1.30. The van der Waals surface area contributed by atoms with E-state index in [1.54, 1.807) is 29.7 Å². The quantitative estimate of drug-likeness (QED) is 0.489. The SMILES string of the molecule is Cc1nc2c(OCc3c(F)cccc3F)cccn2c1C(=O)NC1CNc2ccccc21. The van der Waals surface area contributed by atoms with Gasteiger partial charge in [0, 0.05) is 18.4 Å². The molecule has 32 heavy (non-hydrogen) atoms. The summed E-state index contributed by atoms with van der Waals surface area (Å²) >= 11 is 0. The molecule has 0 fully saturated rings. The van der Waals surface area contributed by atoms with Crippen LogP contribution in [0.1, 0.15) is 33.4 Å². The second kappa shape index (κ2) is 7.96. The lowest BCUT2D eigenvalue weighted by Gasteiger charge is -2.13. The van der Waals surface area contributed by atoms with E-state index in [0.29, 0.717) is 29.3 Å². The fourth-order valence-corrected chi connectivity index (χ4v) is 4.00. The number of nitrogens with zero attached hydrogens (tertiary/aromatic N) is 2. The Balaban J connectivity index is 1.42. The van der Waals surface area contributed by atoms with Crippen LogP contribution in [0.25, 0.3) is 5.65 Å². The maximum atomic E-state index is 13.9. The molecule has 2 N–H and O–H groups in total. The smallest absolute Gasteiger partial charge is 0.270 e. The predicted octanol–water partition coefficient (Wildman–Crippen LogP) is 4.40. The molecule has 2 aromatic carbocycles. The summed E-state index contributed by atoms with van der Waals surface area (Å²) in [6.07, 6.45) is 1.71. The summed E-state index contributed by atoms with van der Waals surface area (Å²) < 4.78 is 35.2. The lowest BCUT2D eigenvalue weighted by Crippen LogP contribution is -2.31. The van der Waals surface area contributed by atoms with E-state index in [2.05, 4.69) is 15.6 Å². The van der Waals surface area contributed by atoms with Crippen molar-refractivity contribution in [3.63, 3.8) is 0 Å². The lowest BCUT2D eigenvalue weighted by molar-refractivity contribution is 0.0933. The number of carbonyl (C=O) groups excluding carboxylic acids is 1. The standard InChI is InChI=1S/C24H20F2N4O2/c1-14-22(24(31)29-20-12-27-19-9-3-2-6-15(19)20)30-11-5-10-21(23(30)28-14)32-13-16-17(25)7-4-8-18(16)26/h2-11,20,27H,12-13H2,1H3,(H,29,31). The summed E-state index contributed by atoms with van der Waals surface area (Å²) in [6.45, 7) is 2.04. The Bertz CT molecular complexity index is 1310. The van der Waals surface area contributed by atoms with Gasteiger partial charge in [0.05, 0.1) is 17.3 Å². The fraction of sp³-hybridized carbons (Fsp3) is 0.167. The molecular weight excluding hydrogens is 414 g/mol. The van der Waals surface area contributed by atoms with Gasteiger partial charge >= 0.3 is 0 Å². The van der Waals surface area contributed by atoms with Gasteiger partial charge in [-0.3, -0.25) is 9.20 Å². The van der Waals surface area contributed by atoms with Gasteiger partial charge in [0.15, 0.2) is 11.4 Å². The highest BCUT2D eigenvalue weighted by molar-refractivity contribution is 5.95. The van der Waals surface area contributed by atoms with Crippen LogP contribution in [0.2, 0.25) is 0 Å². The average molecular weight is 434 g/mol. The van der Waals surface area contributed by atoms with Gasteiger partial charge in [0.2, 0.25) is 0 Å². The van der Waals surface area contributed by atoms with Crippen LogP contribution in [0.3, 0.4) is 0 Å². The number of aryl methyl sites for hydroxylation is 1. The number of rotatable bonds is 5. The van der Waals surface area contributed by atoms with Crippen molar-refractivity contribution < 1.29 is 18.3 Å². The maximum absolute atomic E-state index is 13.9. The largest absolute Gasteiger partial charge is 0.485 e. The normalized spacial score (nSPS) is 14.8. The second-order valence-electron chi connectivity index (χ2n) is 7.59. The van der Waals surface area contributed by atoms with E-state index in [0.717, 1.165) is 11.3 Å². The third-order valence-corrected chi connectivity index (χ3v) is 5.58. The Morgan fingerprint density at radius 3 is 2.75 bits per heavy atom. The van der Waals surface area contributed by atoms with Gasteiger partial charge < -0.3 is 15.4 Å². The van der Waals surface area contributed by atoms with Gasteiger partial charge in [-0.2, -0.15) is 0 Å². The summed E-state index contributed by atoms with van der Waals surface area (Å²) in [5, 5.41) is 6.35. The highest BCUT2D eigenvalue weighted by atomic mass is 19.1. The van der Waals surface area contributed by atoms with Gasteiger partial charge in [0.25, 0.3) is 5.91 Å². The van der Waals surface area contributed by atoms with Crippen LogP contribution in [0.5, 0.6) is 5.75 Å². The molecule has 1 aliphatic heterocycles. The number of anilines is 1. The molecule has 8 heteroatoms. The third-order valence-electron chi connectivity index (χ3n) is 5.58. The summed E-state index contributed by atoms with van der Waals surface area (Å²) in [7, 11) is 0. The molecule has 0 aliphatic carbocycles. The van der Waals surface area contributed by atoms with Crippen LogP contribution in [-0.2, 0) is 6.61 Å². The zero-order valence-corrected chi connectivity index (χ0v) is 17.2. The van der Waals surface area contributed by atoms with Crippen LogP contribution in [0.15, 0.2) is 60.8 Å². The molecule has 0 bridgehead atoms. The van der Waals surface area contributed by atoms with E-state index < -0.39 is 11.6 Å². The Kier molecular flexibility index (Phi) is 4.97. The molecule has 0 saturated heterocycles. The van der Waals surface area contributed by atoms with E-state index in [9.17, 15) is 13.6 Å². The van der Waals surface area contributed by atoms with E-state index in [4.69, 9.17) is 4.74 Å². The van der Waals surface area contributed by atoms with Crippen LogP contribution < -0.4 is 15.4 Å². The van der Waals surface area contributed by atoms with Crippen molar-refractivity contribution >= 4 is 17.2 Å². The molecule has 1 amide bonds. The second-order valence-corrected chi connectivity index (χ2v) is 7.59. The fourth-order valence-electron chi connectivity index (χ4n) is 4.00. The Hall–Kier alpha value is -3.94. The Morgan fingerprint density at radius 1 is 1.16 bits per heavy atom. The van der Waals surface area contributed by atoms with Gasteiger partial charge in [0.1, 0.15) is 23.9 Å². The highest BCUT2D eigenvalue weighted by Crippen LogP contribution is 2.30. The number of imidazole rings is 1. The van der Waals surface area contributed by atoms with E-state index in [1.165, 1.54) is 18.2 Å². The van der Waals surface area contributed by atoms with E-state index in [1.807, 2.05) is 24.3 Å². The highest BCUT2D eigenvalue weighted by Gasteiger charge is 2.26. The number of aromatic nitrogens is 2. The van der Waals surface area contributed by atoms with Crippen molar-refractivity contribution in [2.45, 2.75) is 19.6 Å². The molecule has 5 rings (SSSR count). The molecule has 0 spiro atoms. The van der Waals surface area contributed by atoms with Crippen molar-refractivity contribution in [1.29, 1.82) is 0 Å². The minimum Gasteiger partial charge on any atom is -0.485 e. The van der Waals surface area contributed by atoms with Gasteiger partial charge in [-0.15, -0.1) is 0 Å². The first-order chi connectivity index (χ1) is 15.5. The molecule has 162 valence electrons. The zero-order valence-electron chi connectivity index (χ0n) is 17.2. The molecule has 6 nitrogen and oxygen atoms in total. The molecule has 0 saturated carbocycles. The first-order valence-corrected chi connectivity index (χ1v) is 10.2. The Labute approximate surface area is 182 Å². The first kappa shape index (κ1) is 20.0. The molecule has 1 unspecified atom stereocenters. The maximum Gasteiger partial charge on any atom is 0.270 e. The number of halogens is 2. The number of ether oxygens (including phenoxy) is 1. The predicted molar refractivity (Wildman–Crippen MR) is 116 cm³/mol. The van der Waals surface area contributed by atoms with Crippen molar-refractivity contribution in [2.24, 2.45) is 0 Å². The number of nitrogens with one attached hydrogen (secondary N) is 2. The lowest BCUT2D eigenvalue weighted by atomic mass is 10.1. The van der Waals surface area contributed by atoms with Gasteiger partial charge in [-0.1, -0.05) is 24.3 Å². The molecule has 4 aromatic rings. The van der Waals surface area contributed by atoms with Crippen LogP contribution in [0.4, 0.5) is 14.5 Å². The number of hydrogen-bond donors (Lipinski definition) is 2. The number of amides is 1. The first-order valence-electron chi connectivity index (χ1n) is 10.2. The number of fused-ring (bicyclic) bond motifs is 2. The Morgan fingerprint density at radius 2 is 1.94 bits per heavy atom. The molecule has 3 heterocycles. The number of benzene rings is 2. The van der Waals surface area contributed by atoms with Crippen LogP contribution >= 0.6 is 0 Å².